The van der Waals surface area contributed by atoms with Crippen LogP contribution in [0.2, 0.25) is 0 Å². The molecule has 0 aliphatic rings. The molecule has 0 saturated heterocycles. The molecule has 0 atom stereocenters. The molecular formula is C23H20N2O4. The van der Waals surface area contributed by atoms with Crippen LogP contribution in [0, 0.1) is 0 Å². The number of nitrogens with one attached hydrogen (secondary N) is 1. The Balaban J connectivity index is 1.46. The highest BCUT2D eigenvalue weighted by molar-refractivity contribution is 6.04. The van der Waals surface area contributed by atoms with Gasteiger partial charge in [0, 0.05) is 23.7 Å². The van der Waals surface area contributed by atoms with Crippen molar-refractivity contribution in [3.63, 3.8) is 0 Å². The fraction of sp³-hybridized carbons (Fsp3) is 0.130. The Morgan fingerprint density at radius 2 is 1.66 bits per heavy atom. The predicted molar refractivity (Wildman–Crippen MR) is 111 cm³/mol. The molecule has 4 rings (SSSR count). The third kappa shape index (κ3) is 4.21. The van der Waals surface area contributed by atoms with Crippen LogP contribution in [0.4, 0.5) is 5.69 Å². The average Bonchev–Trinajstić information content (AvgIpc) is 3.17. The molecule has 0 saturated carbocycles. The number of hydrogen-bond donors (Lipinski definition) is 1. The molecule has 0 spiro atoms. The highest BCUT2D eigenvalue weighted by Gasteiger charge is 2.11. The number of hydrogen-bond acceptors (Lipinski definition) is 5. The summed E-state index contributed by atoms with van der Waals surface area (Å²) in [6.07, 6.45) is 0.579. The van der Waals surface area contributed by atoms with Gasteiger partial charge in [0.25, 0.3) is 5.91 Å². The first-order valence-electron chi connectivity index (χ1n) is 9.12. The number of amides is 1. The van der Waals surface area contributed by atoms with E-state index in [4.69, 9.17) is 13.9 Å². The van der Waals surface area contributed by atoms with E-state index in [1.165, 1.54) is 0 Å². The number of methoxy groups -OCH3 is 2. The standard InChI is InChI=1S/C23H20N2O4/c1-27-18-12-16(13-19(14-18)28-2)23(26)24-17-9-7-15(8-10-17)11-22-25-20-5-3-4-6-21(20)29-22/h3-10,12-14H,11H2,1-2H3,(H,24,26). The topological polar surface area (TPSA) is 73.6 Å². The van der Waals surface area contributed by atoms with Crippen LogP contribution in [0.25, 0.3) is 11.1 Å². The Kier molecular flexibility index (Phi) is 5.16. The van der Waals surface area contributed by atoms with Crippen molar-refractivity contribution in [3.05, 3.63) is 83.7 Å². The molecule has 0 aliphatic carbocycles. The van der Waals surface area contributed by atoms with Crippen LogP contribution in [-0.2, 0) is 6.42 Å². The molecule has 6 heteroatoms. The van der Waals surface area contributed by atoms with Gasteiger partial charge in [-0.2, -0.15) is 0 Å². The van der Waals surface area contributed by atoms with Gasteiger partial charge in [0.2, 0.25) is 0 Å². The van der Waals surface area contributed by atoms with E-state index in [2.05, 4.69) is 10.3 Å². The molecule has 29 heavy (non-hydrogen) atoms. The van der Waals surface area contributed by atoms with Crippen molar-refractivity contribution in [2.75, 3.05) is 19.5 Å². The number of fused-ring (bicyclic) bond motifs is 1. The van der Waals surface area contributed by atoms with Crippen molar-refractivity contribution in [1.82, 2.24) is 4.98 Å². The molecule has 0 fully saturated rings. The van der Waals surface area contributed by atoms with E-state index in [0.29, 0.717) is 35.1 Å². The first kappa shape index (κ1) is 18.6. The smallest absolute Gasteiger partial charge is 0.255 e. The Bertz CT molecular complexity index is 1090. The summed E-state index contributed by atoms with van der Waals surface area (Å²) >= 11 is 0. The molecule has 6 nitrogen and oxygen atoms in total. The lowest BCUT2D eigenvalue weighted by Gasteiger charge is -2.09. The molecule has 3 aromatic carbocycles. The van der Waals surface area contributed by atoms with E-state index in [-0.39, 0.29) is 5.91 Å². The van der Waals surface area contributed by atoms with E-state index in [0.717, 1.165) is 16.7 Å². The third-order valence-electron chi connectivity index (χ3n) is 4.52. The van der Waals surface area contributed by atoms with E-state index < -0.39 is 0 Å². The number of benzene rings is 3. The van der Waals surface area contributed by atoms with Crippen LogP contribution >= 0.6 is 0 Å². The lowest BCUT2D eigenvalue weighted by Crippen LogP contribution is -2.12. The van der Waals surface area contributed by atoms with Crippen LogP contribution in [0.5, 0.6) is 11.5 Å². The summed E-state index contributed by atoms with van der Waals surface area (Å²) < 4.78 is 16.2. The summed E-state index contributed by atoms with van der Waals surface area (Å²) in [6.45, 7) is 0. The van der Waals surface area contributed by atoms with E-state index >= 15 is 0 Å². The summed E-state index contributed by atoms with van der Waals surface area (Å²) in [5.41, 5.74) is 3.81. The maximum absolute atomic E-state index is 12.6. The molecule has 0 radical (unpaired) electrons. The van der Waals surface area contributed by atoms with Crippen LogP contribution in [0.1, 0.15) is 21.8 Å². The minimum atomic E-state index is -0.242. The van der Waals surface area contributed by atoms with Crippen LogP contribution in [0.3, 0.4) is 0 Å². The number of aromatic nitrogens is 1. The second-order valence-corrected chi connectivity index (χ2v) is 6.50. The van der Waals surface area contributed by atoms with Gasteiger partial charge < -0.3 is 19.2 Å². The van der Waals surface area contributed by atoms with Crippen molar-refractivity contribution in [2.45, 2.75) is 6.42 Å². The summed E-state index contributed by atoms with van der Waals surface area (Å²) in [5, 5.41) is 2.88. The first-order chi connectivity index (χ1) is 14.1. The number of carbonyl (C=O) groups is 1. The molecular weight excluding hydrogens is 368 g/mol. The fourth-order valence-corrected chi connectivity index (χ4v) is 3.02. The van der Waals surface area contributed by atoms with Crippen molar-refractivity contribution in [1.29, 1.82) is 0 Å². The first-order valence-corrected chi connectivity index (χ1v) is 9.12. The number of oxazole rings is 1. The van der Waals surface area contributed by atoms with Gasteiger partial charge >= 0.3 is 0 Å². The number of nitrogens with zero attached hydrogens (tertiary/aromatic N) is 1. The van der Waals surface area contributed by atoms with Gasteiger partial charge in [-0.05, 0) is 42.0 Å². The van der Waals surface area contributed by atoms with Crippen molar-refractivity contribution < 1.29 is 18.7 Å². The molecule has 146 valence electrons. The van der Waals surface area contributed by atoms with Gasteiger partial charge in [0.15, 0.2) is 11.5 Å². The van der Waals surface area contributed by atoms with Gasteiger partial charge in [-0.1, -0.05) is 24.3 Å². The highest BCUT2D eigenvalue weighted by Crippen LogP contribution is 2.24. The SMILES string of the molecule is COc1cc(OC)cc(C(=O)Nc2ccc(Cc3nc4ccccc4o3)cc2)c1. The van der Waals surface area contributed by atoms with Crippen molar-refractivity contribution in [2.24, 2.45) is 0 Å². The van der Waals surface area contributed by atoms with Crippen LogP contribution in [-0.4, -0.2) is 25.1 Å². The second-order valence-electron chi connectivity index (χ2n) is 6.50. The van der Waals surface area contributed by atoms with Crippen molar-refractivity contribution >= 4 is 22.7 Å². The molecule has 0 unspecified atom stereocenters. The maximum Gasteiger partial charge on any atom is 0.255 e. The van der Waals surface area contributed by atoms with Crippen LogP contribution < -0.4 is 14.8 Å². The molecule has 0 bridgehead atoms. The summed E-state index contributed by atoms with van der Waals surface area (Å²) in [4.78, 5) is 17.1. The normalized spacial score (nSPS) is 10.7. The summed E-state index contributed by atoms with van der Waals surface area (Å²) in [5.74, 6) is 1.53. The lowest BCUT2D eigenvalue weighted by molar-refractivity contribution is 0.102. The zero-order valence-corrected chi connectivity index (χ0v) is 16.1. The number of anilines is 1. The molecule has 1 heterocycles. The zero-order valence-electron chi connectivity index (χ0n) is 16.1. The quantitative estimate of drug-likeness (QED) is 0.519. The van der Waals surface area contributed by atoms with Crippen molar-refractivity contribution in [3.8, 4) is 11.5 Å². The van der Waals surface area contributed by atoms with Gasteiger partial charge in [-0.25, -0.2) is 4.98 Å². The predicted octanol–water partition coefficient (Wildman–Crippen LogP) is 4.69. The van der Waals surface area contributed by atoms with Gasteiger partial charge in [-0.3, -0.25) is 4.79 Å². The Morgan fingerprint density at radius 3 is 2.31 bits per heavy atom. The summed E-state index contributed by atoms with van der Waals surface area (Å²) in [6, 6.07) is 20.3. The number of ether oxygens (including phenoxy) is 2. The molecule has 0 aliphatic heterocycles. The largest absolute Gasteiger partial charge is 0.497 e. The van der Waals surface area contributed by atoms with Gasteiger partial charge in [-0.15, -0.1) is 0 Å². The monoisotopic (exact) mass is 388 g/mol. The number of rotatable bonds is 6. The highest BCUT2D eigenvalue weighted by atomic mass is 16.5. The zero-order chi connectivity index (χ0) is 20.2. The minimum Gasteiger partial charge on any atom is -0.497 e. The Hall–Kier alpha value is -3.80. The molecule has 4 aromatic rings. The molecule has 1 N–H and O–H groups in total. The number of carbonyl (C=O) groups excluding carboxylic acids is 1. The Morgan fingerprint density at radius 1 is 0.966 bits per heavy atom. The van der Waals surface area contributed by atoms with E-state index in [9.17, 15) is 4.79 Å². The van der Waals surface area contributed by atoms with Crippen LogP contribution in [0.15, 0.2) is 71.1 Å². The number of para-hydroxylation sites is 2. The van der Waals surface area contributed by atoms with Gasteiger partial charge in [0.1, 0.15) is 17.0 Å². The van der Waals surface area contributed by atoms with E-state index in [1.54, 1.807) is 32.4 Å². The maximum atomic E-state index is 12.6. The Labute approximate surface area is 168 Å². The lowest BCUT2D eigenvalue weighted by atomic mass is 10.1. The molecule has 1 amide bonds. The van der Waals surface area contributed by atoms with E-state index in [1.807, 2.05) is 48.5 Å². The molecule has 1 aromatic heterocycles. The second kappa shape index (κ2) is 8.06. The minimum absolute atomic E-state index is 0.242. The fourth-order valence-electron chi connectivity index (χ4n) is 3.02. The average molecular weight is 388 g/mol. The third-order valence-corrected chi connectivity index (χ3v) is 4.52. The van der Waals surface area contributed by atoms with Gasteiger partial charge in [0.05, 0.1) is 14.2 Å². The summed E-state index contributed by atoms with van der Waals surface area (Å²) in [7, 11) is 3.10.